The van der Waals surface area contributed by atoms with Crippen LogP contribution in [0.15, 0.2) is 54.6 Å². The van der Waals surface area contributed by atoms with Gasteiger partial charge in [0, 0.05) is 17.7 Å². The minimum atomic E-state index is -0.113. The Balaban J connectivity index is 1.81. The van der Waals surface area contributed by atoms with E-state index in [-0.39, 0.29) is 5.91 Å². The van der Waals surface area contributed by atoms with Crippen molar-refractivity contribution in [3.05, 3.63) is 65.7 Å². The highest BCUT2D eigenvalue weighted by Gasteiger charge is 2.20. The average Bonchev–Trinajstić information content (AvgIpc) is 3.25. The van der Waals surface area contributed by atoms with E-state index in [1.807, 2.05) is 61.5 Å². The SMILES string of the molecule is CCCCCNC(=O)c1cc(-c2ccc(C)cc2)nc2n[nH]c(-c3ccc(OC)cc3)c12. The van der Waals surface area contributed by atoms with Crippen LogP contribution in [0.1, 0.15) is 42.1 Å². The van der Waals surface area contributed by atoms with E-state index < -0.39 is 0 Å². The van der Waals surface area contributed by atoms with Gasteiger partial charge in [0.2, 0.25) is 0 Å². The lowest BCUT2D eigenvalue weighted by atomic mass is 10.0. The molecule has 2 aromatic carbocycles. The number of aryl methyl sites for hydroxylation is 1. The standard InChI is InChI=1S/C26H28N4O2/c1-4-5-6-15-27-26(31)21-16-22(18-9-7-17(2)8-10-18)28-25-23(21)24(29-30-25)19-11-13-20(32-3)14-12-19/h7-14,16H,4-6,15H2,1-3H3,(H,27,31)(H,28,29,30). The van der Waals surface area contributed by atoms with Gasteiger partial charge >= 0.3 is 0 Å². The predicted octanol–water partition coefficient (Wildman–Crippen LogP) is 5.53. The molecule has 0 saturated heterocycles. The number of unbranched alkanes of at least 4 members (excludes halogenated alkanes) is 2. The fourth-order valence-corrected chi connectivity index (χ4v) is 3.71. The van der Waals surface area contributed by atoms with E-state index in [0.717, 1.165) is 52.9 Å². The Kier molecular flexibility index (Phi) is 6.50. The van der Waals surface area contributed by atoms with Crippen molar-refractivity contribution >= 4 is 16.9 Å². The molecule has 0 aliphatic carbocycles. The number of benzene rings is 2. The number of pyridine rings is 1. The number of ether oxygens (including phenoxy) is 1. The first-order valence-electron chi connectivity index (χ1n) is 11.0. The van der Waals surface area contributed by atoms with Gasteiger partial charge in [0.1, 0.15) is 5.75 Å². The molecule has 4 rings (SSSR count). The average molecular weight is 429 g/mol. The third-order valence-corrected chi connectivity index (χ3v) is 5.56. The van der Waals surface area contributed by atoms with Crippen LogP contribution in [0, 0.1) is 6.92 Å². The fraction of sp³-hybridized carbons (Fsp3) is 0.269. The van der Waals surface area contributed by atoms with Crippen molar-refractivity contribution in [1.29, 1.82) is 0 Å². The van der Waals surface area contributed by atoms with Gasteiger partial charge in [-0.15, -0.1) is 0 Å². The third kappa shape index (κ3) is 4.49. The number of carbonyl (C=O) groups is 1. The van der Waals surface area contributed by atoms with Gasteiger partial charge in [0.05, 0.1) is 29.4 Å². The zero-order valence-electron chi connectivity index (χ0n) is 18.7. The summed E-state index contributed by atoms with van der Waals surface area (Å²) in [5, 5.41) is 11.3. The van der Waals surface area contributed by atoms with Crippen molar-refractivity contribution in [2.24, 2.45) is 0 Å². The summed E-state index contributed by atoms with van der Waals surface area (Å²) in [6.45, 7) is 4.84. The van der Waals surface area contributed by atoms with Crippen LogP contribution in [0.3, 0.4) is 0 Å². The number of nitrogens with zero attached hydrogens (tertiary/aromatic N) is 2. The highest BCUT2D eigenvalue weighted by Crippen LogP contribution is 2.32. The monoisotopic (exact) mass is 428 g/mol. The van der Waals surface area contributed by atoms with Gasteiger partial charge in [0.25, 0.3) is 5.91 Å². The van der Waals surface area contributed by atoms with Crippen LogP contribution >= 0.6 is 0 Å². The summed E-state index contributed by atoms with van der Waals surface area (Å²) in [4.78, 5) is 18.0. The van der Waals surface area contributed by atoms with E-state index in [2.05, 4.69) is 22.4 Å². The second kappa shape index (κ2) is 9.64. The molecule has 2 heterocycles. The molecule has 0 aliphatic rings. The number of aromatic amines is 1. The molecule has 4 aromatic rings. The van der Waals surface area contributed by atoms with Gasteiger partial charge in [-0.1, -0.05) is 49.6 Å². The Hall–Kier alpha value is -3.67. The van der Waals surface area contributed by atoms with Crippen LogP contribution in [0.25, 0.3) is 33.5 Å². The predicted molar refractivity (Wildman–Crippen MR) is 128 cm³/mol. The number of nitrogens with one attached hydrogen (secondary N) is 2. The summed E-state index contributed by atoms with van der Waals surface area (Å²) in [7, 11) is 1.64. The van der Waals surface area contributed by atoms with Crippen molar-refractivity contribution in [3.63, 3.8) is 0 Å². The fourth-order valence-electron chi connectivity index (χ4n) is 3.71. The second-order valence-corrected chi connectivity index (χ2v) is 7.91. The third-order valence-electron chi connectivity index (χ3n) is 5.56. The number of fused-ring (bicyclic) bond motifs is 1. The molecule has 0 saturated carbocycles. The maximum absolute atomic E-state index is 13.2. The van der Waals surface area contributed by atoms with Crippen molar-refractivity contribution in [3.8, 4) is 28.3 Å². The smallest absolute Gasteiger partial charge is 0.252 e. The highest BCUT2D eigenvalue weighted by molar-refractivity contribution is 6.11. The van der Waals surface area contributed by atoms with Gasteiger partial charge in [-0.05, 0) is 43.7 Å². The Bertz CT molecular complexity index is 1210. The van der Waals surface area contributed by atoms with Crippen molar-refractivity contribution in [1.82, 2.24) is 20.5 Å². The molecule has 0 bridgehead atoms. The number of aromatic nitrogens is 3. The van der Waals surface area contributed by atoms with E-state index >= 15 is 0 Å². The lowest BCUT2D eigenvalue weighted by Crippen LogP contribution is -2.24. The normalized spacial score (nSPS) is 11.0. The van der Waals surface area contributed by atoms with Crippen LogP contribution < -0.4 is 10.1 Å². The van der Waals surface area contributed by atoms with Crippen LogP contribution in [-0.2, 0) is 0 Å². The van der Waals surface area contributed by atoms with Crippen LogP contribution in [0.4, 0.5) is 0 Å². The van der Waals surface area contributed by atoms with Gasteiger partial charge in [-0.2, -0.15) is 5.10 Å². The molecule has 1 amide bonds. The van der Waals surface area contributed by atoms with Gasteiger partial charge < -0.3 is 10.1 Å². The Morgan fingerprint density at radius 1 is 1.03 bits per heavy atom. The van der Waals surface area contributed by atoms with Gasteiger partial charge in [-0.25, -0.2) is 4.98 Å². The summed E-state index contributed by atoms with van der Waals surface area (Å²) in [5.74, 6) is 0.657. The molecule has 6 nitrogen and oxygen atoms in total. The molecule has 6 heteroatoms. The Morgan fingerprint density at radius 3 is 2.44 bits per heavy atom. The molecule has 0 unspecified atom stereocenters. The quantitative estimate of drug-likeness (QED) is 0.362. The number of H-pyrrole nitrogens is 1. The zero-order chi connectivity index (χ0) is 22.5. The summed E-state index contributed by atoms with van der Waals surface area (Å²) in [6, 6.07) is 17.7. The van der Waals surface area contributed by atoms with Gasteiger partial charge in [0.15, 0.2) is 5.65 Å². The minimum Gasteiger partial charge on any atom is -0.497 e. The summed E-state index contributed by atoms with van der Waals surface area (Å²) in [5.41, 5.74) is 5.62. The molecular formula is C26H28N4O2. The van der Waals surface area contributed by atoms with Crippen molar-refractivity contribution in [2.45, 2.75) is 33.1 Å². The topological polar surface area (TPSA) is 79.9 Å². The molecule has 2 aromatic heterocycles. The summed E-state index contributed by atoms with van der Waals surface area (Å²) >= 11 is 0. The van der Waals surface area contributed by atoms with E-state index in [1.165, 1.54) is 5.56 Å². The highest BCUT2D eigenvalue weighted by atomic mass is 16.5. The number of hydrogen-bond donors (Lipinski definition) is 2. The molecule has 164 valence electrons. The maximum Gasteiger partial charge on any atom is 0.252 e. The number of carbonyl (C=O) groups excluding carboxylic acids is 1. The maximum atomic E-state index is 13.2. The van der Waals surface area contributed by atoms with Crippen LogP contribution in [0.5, 0.6) is 5.75 Å². The number of methoxy groups -OCH3 is 1. The Labute approximate surface area is 188 Å². The van der Waals surface area contributed by atoms with Crippen LogP contribution in [-0.4, -0.2) is 34.7 Å². The van der Waals surface area contributed by atoms with E-state index in [1.54, 1.807) is 7.11 Å². The molecule has 32 heavy (non-hydrogen) atoms. The molecule has 0 spiro atoms. The van der Waals surface area contributed by atoms with Gasteiger partial charge in [-0.3, -0.25) is 9.89 Å². The van der Waals surface area contributed by atoms with Crippen LogP contribution in [0.2, 0.25) is 0 Å². The molecule has 0 atom stereocenters. The number of rotatable bonds is 8. The summed E-state index contributed by atoms with van der Waals surface area (Å²) < 4.78 is 5.27. The van der Waals surface area contributed by atoms with Crippen molar-refractivity contribution in [2.75, 3.05) is 13.7 Å². The van der Waals surface area contributed by atoms with E-state index in [4.69, 9.17) is 9.72 Å². The minimum absolute atomic E-state index is 0.113. The van der Waals surface area contributed by atoms with E-state index in [9.17, 15) is 4.79 Å². The summed E-state index contributed by atoms with van der Waals surface area (Å²) in [6.07, 6.45) is 3.15. The largest absolute Gasteiger partial charge is 0.497 e. The van der Waals surface area contributed by atoms with E-state index in [0.29, 0.717) is 17.8 Å². The molecular weight excluding hydrogens is 400 g/mol. The number of hydrogen-bond acceptors (Lipinski definition) is 4. The lowest BCUT2D eigenvalue weighted by molar-refractivity contribution is 0.0954. The molecule has 0 radical (unpaired) electrons. The van der Waals surface area contributed by atoms with Crippen molar-refractivity contribution < 1.29 is 9.53 Å². The number of amides is 1. The molecule has 0 fully saturated rings. The first-order chi connectivity index (χ1) is 15.6. The Morgan fingerprint density at radius 2 is 1.75 bits per heavy atom. The lowest BCUT2D eigenvalue weighted by Gasteiger charge is -2.10. The second-order valence-electron chi connectivity index (χ2n) is 7.91. The first kappa shape index (κ1) is 21.6. The molecule has 2 N–H and O–H groups in total. The zero-order valence-corrected chi connectivity index (χ0v) is 18.7. The first-order valence-corrected chi connectivity index (χ1v) is 11.0. The molecule has 0 aliphatic heterocycles.